The zero-order chi connectivity index (χ0) is 9.84. The minimum Gasteiger partial charge on any atom is -0.365 e. The van der Waals surface area contributed by atoms with Crippen molar-refractivity contribution < 1.29 is 0 Å². The van der Waals surface area contributed by atoms with Crippen LogP contribution in [0, 0.1) is 13.8 Å². The number of halogens is 1. The van der Waals surface area contributed by atoms with E-state index < -0.39 is 0 Å². The minimum atomic E-state index is 0.525. The molecule has 4 heteroatoms. The van der Waals surface area contributed by atoms with E-state index in [0.717, 1.165) is 17.3 Å². The van der Waals surface area contributed by atoms with Crippen LogP contribution in [-0.4, -0.2) is 16.5 Å². The molecule has 0 atom stereocenters. The fourth-order valence-corrected chi connectivity index (χ4v) is 1.06. The van der Waals surface area contributed by atoms with Crippen molar-refractivity contribution in [2.45, 2.75) is 13.8 Å². The minimum absolute atomic E-state index is 0.525. The van der Waals surface area contributed by atoms with Crippen LogP contribution in [0.3, 0.4) is 0 Å². The Bertz CT molecular complexity index is 302. The van der Waals surface area contributed by atoms with E-state index in [2.05, 4.69) is 21.9 Å². The molecule has 0 aromatic carbocycles. The number of hydrogen-bond donors (Lipinski definition) is 1. The molecule has 70 valence electrons. The van der Waals surface area contributed by atoms with Gasteiger partial charge in [0.2, 0.25) is 0 Å². The highest BCUT2D eigenvalue weighted by atomic mass is 35.5. The number of hydrogen-bond acceptors (Lipinski definition) is 3. The highest BCUT2D eigenvalue weighted by Crippen LogP contribution is 2.06. The van der Waals surface area contributed by atoms with Crippen LogP contribution in [0.5, 0.6) is 0 Å². The molecule has 0 saturated heterocycles. The summed E-state index contributed by atoms with van der Waals surface area (Å²) in [4.78, 5) is 8.34. The molecule has 13 heavy (non-hydrogen) atoms. The van der Waals surface area contributed by atoms with Crippen LogP contribution >= 0.6 is 11.6 Å². The molecule has 0 saturated carbocycles. The van der Waals surface area contributed by atoms with Gasteiger partial charge in [0.15, 0.2) is 0 Å². The second-order valence-corrected chi connectivity index (χ2v) is 3.35. The largest absolute Gasteiger partial charge is 0.365 e. The van der Waals surface area contributed by atoms with E-state index in [1.807, 2.05) is 19.9 Å². The molecule has 0 fully saturated rings. The van der Waals surface area contributed by atoms with Gasteiger partial charge < -0.3 is 5.32 Å². The normalized spacial score (nSPS) is 9.77. The van der Waals surface area contributed by atoms with Crippen LogP contribution < -0.4 is 5.32 Å². The van der Waals surface area contributed by atoms with Gasteiger partial charge in [-0.3, -0.25) is 0 Å². The van der Waals surface area contributed by atoms with Crippen LogP contribution in [-0.2, 0) is 0 Å². The molecule has 0 spiro atoms. The van der Waals surface area contributed by atoms with Crippen molar-refractivity contribution >= 4 is 17.4 Å². The molecule has 0 aliphatic carbocycles. The van der Waals surface area contributed by atoms with Crippen LogP contribution in [0.25, 0.3) is 0 Å². The molecule has 0 radical (unpaired) electrons. The number of rotatable bonds is 3. The first-order chi connectivity index (χ1) is 6.08. The van der Waals surface area contributed by atoms with Crippen LogP contribution in [0.2, 0.25) is 0 Å². The van der Waals surface area contributed by atoms with E-state index >= 15 is 0 Å². The standard InChI is InChI=1S/C9H12ClN3/c1-6(10)5-11-9-4-7(2)12-8(3)13-9/h4H,1,5H2,2-3H3,(H,11,12,13). The van der Waals surface area contributed by atoms with Gasteiger partial charge in [0.05, 0.1) is 6.54 Å². The molecule has 1 aromatic rings. The van der Waals surface area contributed by atoms with Crippen molar-refractivity contribution in [1.82, 2.24) is 9.97 Å². The van der Waals surface area contributed by atoms with Gasteiger partial charge in [0.25, 0.3) is 0 Å². The number of nitrogens with one attached hydrogen (secondary N) is 1. The fourth-order valence-electron chi connectivity index (χ4n) is 0.994. The Labute approximate surface area is 82.9 Å². The van der Waals surface area contributed by atoms with E-state index in [-0.39, 0.29) is 0 Å². The molecule has 0 aliphatic rings. The lowest BCUT2D eigenvalue weighted by molar-refractivity contribution is 1.01. The number of nitrogens with zero attached hydrogens (tertiary/aromatic N) is 2. The van der Waals surface area contributed by atoms with Gasteiger partial charge in [0, 0.05) is 16.8 Å². The first kappa shape index (κ1) is 9.99. The van der Waals surface area contributed by atoms with Gasteiger partial charge in [-0.2, -0.15) is 0 Å². The predicted octanol–water partition coefficient (Wildman–Crippen LogP) is 2.26. The first-order valence-corrected chi connectivity index (χ1v) is 4.35. The molecular weight excluding hydrogens is 186 g/mol. The van der Waals surface area contributed by atoms with Crippen molar-refractivity contribution in [3.8, 4) is 0 Å². The maximum atomic E-state index is 5.61. The molecule has 1 aromatic heterocycles. The molecule has 0 amide bonds. The topological polar surface area (TPSA) is 37.8 Å². The molecular formula is C9H12ClN3. The highest BCUT2D eigenvalue weighted by Gasteiger charge is 1.97. The fraction of sp³-hybridized carbons (Fsp3) is 0.333. The van der Waals surface area contributed by atoms with Crippen molar-refractivity contribution in [2.24, 2.45) is 0 Å². The highest BCUT2D eigenvalue weighted by molar-refractivity contribution is 6.29. The predicted molar refractivity (Wildman–Crippen MR) is 55.0 cm³/mol. The zero-order valence-corrected chi connectivity index (χ0v) is 8.52. The Balaban J connectivity index is 2.71. The average molecular weight is 198 g/mol. The Hall–Kier alpha value is -1.09. The third-order valence-electron chi connectivity index (χ3n) is 1.43. The summed E-state index contributed by atoms with van der Waals surface area (Å²) in [7, 11) is 0. The SMILES string of the molecule is C=C(Cl)CNc1cc(C)nc(C)n1. The molecule has 1 heterocycles. The van der Waals surface area contributed by atoms with E-state index in [9.17, 15) is 0 Å². The molecule has 0 unspecified atom stereocenters. The summed E-state index contributed by atoms with van der Waals surface area (Å²) in [5.74, 6) is 1.54. The van der Waals surface area contributed by atoms with Crippen LogP contribution in [0.15, 0.2) is 17.7 Å². The monoisotopic (exact) mass is 197 g/mol. The summed E-state index contributed by atoms with van der Waals surface area (Å²) in [6, 6.07) is 1.87. The van der Waals surface area contributed by atoms with Gasteiger partial charge in [-0.05, 0) is 13.8 Å². The van der Waals surface area contributed by atoms with E-state index in [0.29, 0.717) is 11.6 Å². The third kappa shape index (κ3) is 3.42. The molecule has 1 rings (SSSR count). The summed E-state index contributed by atoms with van der Waals surface area (Å²) >= 11 is 5.61. The second-order valence-electron chi connectivity index (χ2n) is 2.81. The average Bonchev–Trinajstić information content (AvgIpc) is 1.99. The molecule has 0 bridgehead atoms. The van der Waals surface area contributed by atoms with Crippen LogP contribution in [0.4, 0.5) is 5.82 Å². The van der Waals surface area contributed by atoms with Crippen molar-refractivity contribution in [3.05, 3.63) is 29.2 Å². The van der Waals surface area contributed by atoms with Crippen molar-refractivity contribution in [1.29, 1.82) is 0 Å². The van der Waals surface area contributed by atoms with Crippen molar-refractivity contribution in [2.75, 3.05) is 11.9 Å². The summed E-state index contributed by atoms with van der Waals surface area (Å²) in [6.45, 7) is 7.88. The van der Waals surface area contributed by atoms with E-state index in [4.69, 9.17) is 11.6 Å². The molecule has 0 aliphatic heterocycles. The van der Waals surface area contributed by atoms with E-state index in [1.54, 1.807) is 0 Å². The third-order valence-corrected chi connectivity index (χ3v) is 1.56. The first-order valence-electron chi connectivity index (χ1n) is 3.97. The van der Waals surface area contributed by atoms with Crippen molar-refractivity contribution in [3.63, 3.8) is 0 Å². The van der Waals surface area contributed by atoms with Gasteiger partial charge in [-0.1, -0.05) is 18.2 Å². The molecule has 3 nitrogen and oxygen atoms in total. The Morgan fingerprint density at radius 3 is 2.77 bits per heavy atom. The number of aromatic nitrogens is 2. The summed E-state index contributed by atoms with van der Waals surface area (Å²) < 4.78 is 0. The Morgan fingerprint density at radius 1 is 1.54 bits per heavy atom. The smallest absolute Gasteiger partial charge is 0.130 e. The van der Waals surface area contributed by atoms with Gasteiger partial charge in [-0.15, -0.1) is 0 Å². The summed E-state index contributed by atoms with van der Waals surface area (Å²) in [5, 5.41) is 3.61. The lowest BCUT2D eigenvalue weighted by Crippen LogP contribution is -2.05. The summed E-state index contributed by atoms with van der Waals surface area (Å²) in [6.07, 6.45) is 0. The number of aryl methyl sites for hydroxylation is 2. The maximum Gasteiger partial charge on any atom is 0.130 e. The lowest BCUT2D eigenvalue weighted by atomic mass is 10.4. The second kappa shape index (κ2) is 4.23. The Kier molecular flexibility index (Phi) is 3.25. The van der Waals surface area contributed by atoms with Gasteiger partial charge in [0.1, 0.15) is 11.6 Å². The maximum absolute atomic E-state index is 5.61. The lowest BCUT2D eigenvalue weighted by Gasteiger charge is -2.05. The van der Waals surface area contributed by atoms with Gasteiger partial charge >= 0.3 is 0 Å². The summed E-state index contributed by atoms with van der Waals surface area (Å²) in [5.41, 5.74) is 0.940. The molecule has 1 N–H and O–H groups in total. The van der Waals surface area contributed by atoms with E-state index in [1.165, 1.54) is 0 Å². The van der Waals surface area contributed by atoms with Crippen LogP contribution in [0.1, 0.15) is 11.5 Å². The Morgan fingerprint density at radius 2 is 2.23 bits per heavy atom. The number of anilines is 1. The quantitative estimate of drug-likeness (QED) is 0.808. The van der Waals surface area contributed by atoms with Gasteiger partial charge in [-0.25, -0.2) is 9.97 Å². The zero-order valence-electron chi connectivity index (χ0n) is 7.76.